The number of ketones is 1. The molecule has 0 bridgehead atoms. The van der Waals surface area contributed by atoms with Gasteiger partial charge in [0.05, 0.1) is 28.2 Å². The Morgan fingerprint density at radius 1 is 1.24 bits per heavy atom. The lowest BCUT2D eigenvalue weighted by Gasteiger charge is -2.35. The molecule has 34 heavy (non-hydrogen) atoms. The third kappa shape index (κ3) is 6.10. The van der Waals surface area contributed by atoms with Crippen LogP contribution in [0.3, 0.4) is 0 Å². The van der Waals surface area contributed by atoms with Gasteiger partial charge in [-0.15, -0.1) is 11.3 Å². The molecule has 0 saturated carbocycles. The molecule has 0 unspecified atom stereocenters. The molecule has 0 spiro atoms. The summed E-state index contributed by atoms with van der Waals surface area (Å²) in [6.07, 6.45) is 0.591. The third-order valence-electron chi connectivity index (χ3n) is 6.29. The molecule has 3 rings (SSSR count). The molecule has 1 aliphatic rings. The Labute approximate surface area is 205 Å². The van der Waals surface area contributed by atoms with E-state index in [0.717, 1.165) is 21.7 Å². The number of β-amino-alcohol motifs (C(OH)–C–C–N with tert-alkyl or cyclic N) is 1. The largest absolute Gasteiger partial charge is 0.391 e. The van der Waals surface area contributed by atoms with E-state index in [0.29, 0.717) is 6.42 Å². The summed E-state index contributed by atoms with van der Waals surface area (Å²) in [6.45, 7) is 9.47. The van der Waals surface area contributed by atoms with E-state index in [2.05, 4.69) is 10.3 Å². The van der Waals surface area contributed by atoms with E-state index < -0.39 is 23.6 Å². The van der Waals surface area contributed by atoms with E-state index in [1.165, 1.54) is 4.90 Å². The molecule has 3 atom stereocenters. The van der Waals surface area contributed by atoms with E-state index >= 15 is 0 Å². The predicted octanol–water partition coefficient (Wildman–Crippen LogP) is 3.52. The molecule has 2 amide bonds. The van der Waals surface area contributed by atoms with Gasteiger partial charge >= 0.3 is 0 Å². The molecule has 0 aliphatic carbocycles. The summed E-state index contributed by atoms with van der Waals surface area (Å²) in [5.41, 5.74) is 4.45. The van der Waals surface area contributed by atoms with Crippen LogP contribution in [0.25, 0.3) is 10.4 Å². The zero-order chi connectivity index (χ0) is 25.0. The van der Waals surface area contributed by atoms with Crippen LogP contribution < -0.4 is 5.32 Å². The lowest BCUT2D eigenvalue weighted by atomic mass is 9.85. The van der Waals surface area contributed by atoms with Gasteiger partial charge in [-0.3, -0.25) is 14.4 Å². The van der Waals surface area contributed by atoms with Crippen molar-refractivity contribution in [1.29, 1.82) is 0 Å². The number of hydrogen-bond acceptors (Lipinski definition) is 6. The normalized spacial score (nSPS) is 19.2. The number of amides is 2. The summed E-state index contributed by atoms with van der Waals surface area (Å²) in [5.74, 6) is -0.594. The molecular formula is C26H35N3O4S. The maximum atomic E-state index is 13.4. The second-order valence-electron chi connectivity index (χ2n) is 10.0. The fraction of sp³-hybridized carbons (Fsp3) is 0.538. The minimum atomic E-state index is -0.761. The van der Waals surface area contributed by atoms with Crippen LogP contribution in [0.2, 0.25) is 0 Å². The molecule has 1 fully saturated rings. The number of likely N-dealkylation sites (tertiary alicyclic amines) is 1. The lowest BCUT2D eigenvalue weighted by Crippen LogP contribution is -2.56. The van der Waals surface area contributed by atoms with Crippen molar-refractivity contribution in [2.45, 2.75) is 78.5 Å². The summed E-state index contributed by atoms with van der Waals surface area (Å²) in [4.78, 5) is 45.5. The van der Waals surface area contributed by atoms with Crippen LogP contribution >= 0.6 is 11.3 Å². The fourth-order valence-electron chi connectivity index (χ4n) is 4.28. The van der Waals surface area contributed by atoms with Crippen LogP contribution in [0.4, 0.5) is 0 Å². The van der Waals surface area contributed by atoms with Gasteiger partial charge in [0.1, 0.15) is 6.04 Å². The highest BCUT2D eigenvalue weighted by Gasteiger charge is 2.43. The van der Waals surface area contributed by atoms with Crippen molar-refractivity contribution in [3.05, 3.63) is 41.0 Å². The Hall–Kier alpha value is -2.58. The minimum Gasteiger partial charge on any atom is -0.391 e. The van der Waals surface area contributed by atoms with Crippen molar-refractivity contribution in [1.82, 2.24) is 15.2 Å². The molecule has 2 heterocycles. The van der Waals surface area contributed by atoms with Crippen LogP contribution in [0.15, 0.2) is 29.8 Å². The molecule has 1 aromatic heterocycles. The van der Waals surface area contributed by atoms with Crippen LogP contribution in [0.5, 0.6) is 0 Å². The van der Waals surface area contributed by atoms with Gasteiger partial charge in [0.25, 0.3) is 0 Å². The van der Waals surface area contributed by atoms with Crippen molar-refractivity contribution in [2.75, 3.05) is 6.54 Å². The van der Waals surface area contributed by atoms with Gasteiger partial charge in [-0.05, 0) is 29.9 Å². The third-order valence-corrected chi connectivity index (χ3v) is 7.27. The first-order valence-electron chi connectivity index (χ1n) is 11.8. The average molecular weight is 486 g/mol. The van der Waals surface area contributed by atoms with Crippen molar-refractivity contribution >= 4 is 28.9 Å². The van der Waals surface area contributed by atoms with Gasteiger partial charge in [-0.1, -0.05) is 52.0 Å². The number of hydrogen-bond donors (Lipinski definition) is 2. The van der Waals surface area contributed by atoms with Gasteiger partial charge in [0.2, 0.25) is 11.8 Å². The van der Waals surface area contributed by atoms with Gasteiger partial charge < -0.3 is 15.3 Å². The van der Waals surface area contributed by atoms with Crippen molar-refractivity contribution in [3.63, 3.8) is 0 Å². The smallest absolute Gasteiger partial charge is 0.246 e. The average Bonchev–Trinajstić information content (AvgIpc) is 3.40. The molecule has 1 saturated heterocycles. The number of aliphatic hydroxyl groups is 1. The van der Waals surface area contributed by atoms with Gasteiger partial charge in [-0.25, -0.2) is 4.98 Å². The number of thiazole rings is 1. The van der Waals surface area contributed by atoms with Crippen molar-refractivity contribution in [3.8, 4) is 10.4 Å². The molecule has 184 valence electrons. The molecule has 2 aromatic rings. The summed E-state index contributed by atoms with van der Waals surface area (Å²) < 4.78 is 0. The van der Waals surface area contributed by atoms with Crippen LogP contribution in [-0.4, -0.2) is 57.3 Å². The second kappa shape index (κ2) is 10.8. The number of aliphatic hydroxyl groups excluding tert-OH is 1. The van der Waals surface area contributed by atoms with Crippen LogP contribution in [0, 0.1) is 12.3 Å². The van der Waals surface area contributed by atoms with Gasteiger partial charge in [0.15, 0.2) is 5.78 Å². The summed E-state index contributed by atoms with van der Waals surface area (Å²) >= 11 is 1.60. The molecule has 1 aliphatic heterocycles. The predicted molar refractivity (Wildman–Crippen MR) is 133 cm³/mol. The van der Waals surface area contributed by atoms with Crippen molar-refractivity contribution in [2.24, 2.45) is 5.41 Å². The van der Waals surface area contributed by atoms with Crippen LogP contribution in [-0.2, 0) is 20.8 Å². The van der Waals surface area contributed by atoms with Crippen LogP contribution in [0.1, 0.15) is 58.2 Å². The standard InChI is InChI=1S/C26H35N3O4S/c1-6-22(32)28-24(26(3,4)5)25(33)29-14-19(30)13-20(29)21(31)12-9-17-7-10-18(11-8-17)23-16(2)27-15-34-23/h7-8,10-11,15,19-20,24,30H,6,9,12-14H2,1-5H3,(H,28,32)/t19-,20+,24-/m1/s1. The molecule has 0 radical (unpaired) electrons. The Morgan fingerprint density at radius 2 is 1.91 bits per heavy atom. The van der Waals surface area contributed by atoms with E-state index in [1.807, 2.05) is 57.5 Å². The fourth-order valence-corrected chi connectivity index (χ4v) is 5.09. The highest BCUT2D eigenvalue weighted by Crippen LogP contribution is 2.29. The summed E-state index contributed by atoms with van der Waals surface area (Å²) in [6, 6.07) is 6.68. The first-order valence-corrected chi connectivity index (χ1v) is 12.7. The number of rotatable bonds is 8. The SMILES string of the molecule is CCC(=O)N[C@H](C(=O)N1C[C@H](O)C[C@H]1C(=O)CCc1ccc(-c2scnc2C)cc1)C(C)(C)C. The highest BCUT2D eigenvalue weighted by atomic mass is 32.1. The number of carbonyl (C=O) groups is 3. The molecule has 2 N–H and O–H groups in total. The van der Waals surface area contributed by atoms with Crippen molar-refractivity contribution < 1.29 is 19.5 Å². The number of Topliss-reactive ketones (excluding diaryl/α,β-unsaturated/α-hetero) is 1. The topological polar surface area (TPSA) is 99.6 Å². The number of nitrogens with one attached hydrogen (secondary N) is 1. The first-order chi connectivity index (χ1) is 16.0. The number of benzene rings is 1. The Kier molecular flexibility index (Phi) is 8.25. The number of aryl methyl sites for hydroxylation is 2. The zero-order valence-electron chi connectivity index (χ0n) is 20.6. The monoisotopic (exact) mass is 485 g/mol. The second-order valence-corrected chi connectivity index (χ2v) is 10.9. The number of nitrogens with zero attached hydrogens (tertiary/aromatic N) is 2. The maximum absolute atomic E-state index is 13.4. The van der Waals surface area contributed by atoms with Gasteiger partial charge in [-0.2, -0.15) is 0 Å². The number of aromatic nitrogens is 1. The Morgan fingerprint density at radius 3 is 2.47 bits per heavy atom. The van der Waals surface area contributed by atoms with E-state index in [1.54, 1.807) is 18.3 Å². The lowest BCUT2D eigenvalue weighted by molar-refractivity contribution is -0.143. The quantitative estimate of drug-likeness (QED) is 0.596. The Balaban J connectivity index is 1.67. The van der Waals surface area contributed by atoms with E-state index in [9.17, 15) is 19.5 Å². The van der Waals surface area contributed by atoms with Gasteiger partial charge in [0, 0.05) is 25.8 Å². The molecule has 7 nitrogen and oxygen atoms in total. The first kappa shape index (κ1) is 26.0. The molecule has 8 heteroatoms. The van der Waals surface area contributed by atoms with E-state index in [-0.39, 0.29) is 43.4 Å². The minimum absolute atomic E-state index is 0.0678. The Bertz CT molecular complexity index is 1030. The maximum Gasteiger partial charge on any atom is 0.246 e. The summed E-state index contributed by atoms with van der Waals surface area (Å²) in [7, 11) is 0. The number of carbonyl (C=O) groups excluding carboxylic acids is 3. The summed E-state index contributed by atoms with van der Waals surface area (Å²) in [5, 5.41) is 13.1. The highest BCUT2D eigenvalue weighted by molar-refractivity contribution is 7.13. The molecule has 1 aromatic carbocycles. The zero-order valence-corrected chi connectivity index (χ0v) is 21.4. The van der Waals surface area contributed by atoms with E-state index in [4.69, 9.17) is 0 Å². The molecular weight excluding hydrogens is 450 g/mol.